The van der Waals surface area contributed by atoms with Crippen LogP contribution in [0.4, 0.5) is 0 Å². The second-order valence-corrected chi connectivity index (χ2v) is 5.71. The molecule has 1 aromatic heterocycles. The number of hydrogen-bond acceptors (Lipinski definition) is 4. The van der Waals surface area contributed by atoms with Crippen molar-refractivity contribution in [1.29, 1.82) is 0 Å². The van der Waals surface area contributed by atoms with Crippen molar-refractivity contribution < 1.29 is 9.59 Å². The number of nitrogens with two attached hydrogens (primary N) is 1. The van der Waals surface area contributed by atoms with Crippen LogP contribution in [-0.4, -0.2) is 23.3 Å². The summed E-state index contributed by atoms with van der Waals surface area (Å²) in [5.41, 5.74) is 2.10. The number of carbonyl (C=O) groups is 2. The molecule has 0 bridgehead atoms. The van der Waals surface area contributed by atoms with Crippen molar-refractivity contribution in [2.45, 2.75) is 26.3 Å². The van der Waals surface area contributed by atoms with Gasteiger partial charge in [0.2, 0.25) is 5.91 Å². The van der Waals surface area contributed by atoms with Gasteiger partial charge in [-0.25, -0.2) is 5.84 Å². The molecule has 1 unspecified atom stereocenters. The maximum Gasteiger partial charge on any atom is 0.275 e. The molecule has 1 saturated heterocycles. The summed E-state index contributed by atoms with van der Waals surface area (Å²) in [4.78, 5) is 26.7. The largest absolute Gasteiger partial charge is 0.337 e. The summed E-state index contributed by atoms with van der Waals surface area (Å²) < 4.78 is 0. The Bertz CT molecular complexity index is 458. The van der Waals surface area contributed by atoms with Crippen LogP contribution in [-0.2, 0) is 11.3 Å². The minimum Gasteiger partial charge on any atom is -0.337 e. The number of thiophene rings is 1. The standard InChI is InChI=1S/C12H17N3O2S/c1-8-3-2-6-15(12(8)17)7-9-4-5-10(18-9)11(16)14-13/h4-5,8H,2-3,6-7,13H2,1H3,(H,14,16). The smallest absolute Gasteiger partial charge is 0.275 e. The molecule has 1 aromatic rings. The zero-order valence-corrected chi connectivity index (χ0v) is 11.1. The fourth-order valence-corrected chi connectivity index (χ4v) is 3.06. The fraction of sp³-hybridized carbons (Fsp3) is 0.500. The van der Waals surface area contributed by atoms with Crippen LogP contribution in [0.25, 0.3) is 0 Å². The van der Waals surface area contributed by atoms with Gasteiger partial charge in [0.15, 0.2) is 0 Å². The molecule has 0 aliphatic carbocycles. The molecule has 18 heavy (non-hydrogen) atoms. The van der Waals surface area contributed by atoms with E-state index < -0.39 is 0 Å². The highest BCUT2D eigenvalue weighted by Gasteiger charge is 2.25. The SMILES string of the molecule is CC1CCCN(Cc2ccc(C(=O)NN)s2)C1=O. The molecular formula is C12H17N3O2S. The van der Waals surface area contributed by atoms with Crippen LogP contribution in [0.2, 0.25) is 0 Å². The lowest BCUT2D eigenvalue weighted by molar-refractivity contribution is -0.138. The lowest BCUT2D eigenvalue weighted by atomic mass is 9.99. The van der Waals surface area contributed by atoms with Gasteiger partial charge in [0, 0.05) is 17.3 Å². The van der Waals surface area contributed by atoms with E-state index in [1.165, 1.54) is 11.3 Å². The molecule has 1 atom stereocenters. The minimum absolute atomic E-state index is 0.116. The summed E-state index contributed by atoms with van der Waals surface area (Å²) in [6.45, 7) is 3.36. The Morgan fingerprint density at radius 2 is 2.39 bits per heavy atom. The Morgan fingerprint density at radius 3 is 3.11 bits per heavy atom. The number of hydrazine groups is 1. The van der Waals surface area contributed by atoms with E-state index in [0.717, 1.165) is 24.3 Å². The number of rotatable bonds is 3. The van der Waals surface area contributed by atoms with Gasteiger partial charge in [-0.2, -0.15) is 0 Å². The molecule has 6 heteroatoms. The monoisotopic (exact) mass is 267 g/mol. The van der Waals surface area contributed by atoms with Crippen molar-refractivity contribution >= 4 is 23.2 Å². The molecule has 0 spiro atoms. The third-order valence-electron chi connectivity index (χ3n) is 3.16. The quantitative estimate of drug-likeness (QED) is 0.489. The number of amides is 2. The molecule has 0 saturated carbocycles. The molecule has 2 amide bonds. The Morgan fingerprint density at radius 1 is 1.61 bits per heavy atom. The molecule has 5 nitrogen and oxygen atoms in total. The first kappa shape index (κ1) is 13.0. The normalized spacial score (nSPS) is 20.0. The number of nitrogen functional groups attached to an aromatic ring is 1. The van der Waals surface area contributed by atoms with Crippen LogP contribution in [0.15, 0.2) is 12.1 Å². The van der Waals surface area contributed by atoms with E-state index >= 15 is 0 Å². The number of carbonyl (C=O) groups excluding carboxylic acids is 2. The topological polar surface area (TPSA) is 75.4 Å². The maximum atomic E-state index is 12.0. The Labute approximate surface area is 110 Å². The van der Waals surface area contributed by atoms with E-state index in [0.29, 0.717) is 11.4 Å². The second kappa shape index (κ2) is 5.49. The minimum atomic E-state index is -0.287. The van der Waals surface area contributed by atoms with Crippen molar-refractivity contribution in [1.82, 2.24) is 10.3 Å². The van der Waals surface area contributed by atoms with Gasteiger partial charge < -0.3 is 4.90 Å². The predicted octanol–water partition coefficient (Wildman–Crippen LogP) is 1.11. The summed E-state index contributed by atoms with van der Waals surface area (Å²) in [5, 5.41) is 0. The molecule has 2 rings (SSSR count). The number of likely N-dealkylation sites (tertiary alicyclic amines) is 1. The van der Waals surface area contributed by atoms with E-state index in [-0.39, 0.29) is 17.7 Å². The van der Waals surface area contributed by atoms with E-state index in [1.807, 2.05) is 17.9 Å². The third-order valence-corrected chi connectivity index (χ3v) is 4.23. The summed E-state index contributed by atoms with van der Waals surface area (Å²) in [5.74, 6) is 5.12. The fourth-order valence-electron chi connectivity index (χ4n) is 2.13. The van der Waals surface area contributed by atoms with Crippen LogP contribution in [0, 0.1) is 5.92 Å². The summed E-state index contributed by atoms with van der Waals surface area (Å²) in [7, 11) is 0. The maximum absolute atomic E-state index is 12.0. The van der Waals surface area contributed by atoms with Gasteiger partial charge >= 0.3 is 0 Å². The number of hydrogen-bond donors (Lipinski definition) is 2. The highest BCUT2D eigenvalue weighted by molar-refractivity contribution is 7.14. The summed E-state index contributed by atoms with van der Waals surface area (Å²) >= 11 is 1.38. The van der Waals surface area contributed by atoms with Gasteiger partial charge in [-0.05, 0) is 25.0 Å². The predicted molar refractivity (Wildman–Crippen MR) is 69.8 cm³/mol. The Hall–Kier alpha value is -1.40. The number of piperidine rings is 1. The Kier molecular flexibility index (Phi) is 3.98. The van der Waals surface area contributed by atoms with Gasteiger partial charge in [0.1, 0.15) is 0 Å². The first-order valence-electron chi connectivity index (χ1n) is 6.00. The van der Waals surface area contributed by atoms with Crippen LogP contribution in [0.5, 0.6) is 0 Å². The van der Waals surface area contributed by atoms with Gasteiger partial charge in [0.25, 0.3) is 5.91 Å². The van der Waals surface area contributed by atoms with Crippen molar-refractivity contribution in [3.63, 3.8) is 0 Å². The molecule has 0 aromatic carbocycles. The van der Waals surface area contributed by atoms with Crippen molar-refractivity contribution in [3.8, 4) is 0 Å². The van der Waals surface area contributed by atoms with Crippen molar-refractivity contribution in [3.05, 3.63) is 21.9 Å². The molecular weight excluding hydrogens is 250 g/mol. The van der Waals surface area contributed by atoms with Crippen LogP contribution < -0.4 is 11.3 Å². The zero-order chi connectivity index (χ0) is 13.1. The van der Waals surface area contributed by atoms with Gasteiger partial charge in [-0.1, -0.05) is 6.92 Å². The van der Waals surface area contributed by atoms with Gasteiger partial charge in [-0.3, -0.25) is 15.0 Å². The second-order valence-electron chi connectivity index (χ2n) is 4.54. The van der Waals surface area contributed by atoms with Gasteiger partial charge in [-0.15, -0.1) is 11.3 Å². The van der Waals surface area contributed by atoms with Crippen molar-refractivity contribution in [2.24, 2.45) is 11.8 Å². The number of nitrogens with one attached hydrogen (secondary N) is 1. The lowest BCUT2D eigenvalue weighted by Gasteiger charge is -2.30. The highest BCUT2D eigenvalue weighted by Crippen LogP contribution is 2.23. The van der Waals surface area contributed by atoms with E-state index in [9.17, 15) is 9.59 Å². The average molecular weight is 267 g/mol. The van der Waals surface area contributed by atoms with Gasteiger partial charge in [0.05, 0.1) is 11.4 Å². The van der Waals surface area contributed by atoms with Crippen LogP contribution in [0.1, 0.15) is 34.3 Å². The Balaban J connectivity index is 2.03. The summed E-state index contributed by atoms with van der Waals surface area (Å²) in [6, 6.07) is 3.61. The van der Waals surface area contributed by atoms with Crippen LogP contribution >= 0.6 is 11.3 Å². The zero-order valence-electron chi connectivity index (χ0n) is 10.3. The first-order valence-corrected chi connectivity index (χ1v) is 6.82. The molecule has 2 heterocycles. The highest BCUT2D eigenvalue weighted by atomic mass is 32.1. The molecule has 1 aliphatic rings. The molecule has 3 N–H and O–H groups in total. The van der Waals surface area contributed by atoms with E-state index in [2.05, 4.69) is 5.43 Å². The van der Waals surface area contributed by atoms with Crippen molar-refractivity contribution in [2.75, 3.05) is 6.54 Å². The molecule has 1 fully saturated rings. The molecule has 0 radical (unpaired) electrons. The molecule has 98 valence electrons. The first-order chi connectivity index (χ1) is 8.61. The third kappa shape index (κ3) is 2.70. The number of nitrogens with zero attached hydrogens (tertiary/aromatic N) is 1. The van der Waals surface area contributed by atoms with E-state index in [4.69, 9.17) is 5.84 Å². The summed E-state index contributed by atoms with van der Waals surface area (Å²) in [6.07, 6.45) is 2.02. The lowest BCUT2D eigenvalue weighted by Crippen LogP contribution is -2.39. The molecule has 1 aliphatic heterocycles. The van der Waals surface area contributed by atoms with Crippen LogP contribution in [0.3, 0.4) is 0 Å². The average Bonchev–Trinajstić information content (AvgIpc) is 2.82. The van der Waals surface area contributed by atoms with E-state index in [1.54, 1.807) is 6.07 Å².